The lowest BCUT2D eigenvalue weighted by Gasteiger charge is -2.29. The van der Waals surface area contributed by atoms with Gasteiger partial charge in [0.05, 0.1) is 26.7 Å². The predicted molar refractivity (Wildman–Crippen MR) is 86.1 cm³/mol. The van der Waals surface area contributed by atoms with Crippen LogP contribution in [-0.2, 0) is 14.3 Å². The first-order valence-corrected chi connectivity index (χ1v) is 7.53. The van der Waals surface area contributed by atoms with E-state index in [2.05, 4.69) is 0 Å². The Morgan fingerprint density at radius 3 is 2.04 bits per heavy atom. The summed E-state index contributed by atoms with van der Waals surface area (Å²) in [7, 11) is 5.71. The minimum absolute atomic E-state index is 0.249. The number of esters is 1. The molecule has 0 aliphatic carbocycles. The second-order valence-corrected chi connectivity index (χ2v) is 6.19. The van der Waals surface area contributed by atoms with Crippen molar-refractivity contribution in [2.24, 2.45) is 0 Å². The largest absolute Gasteiger partial charge is 0.550 e. The molecule has 7 nitrogen and oxygen atoms in total. The van der Waals surface area contributed by atoms with Crippen LogP contribution in [0.5, 0.6) is 0 Å². The molecule has 1 aromatic rings. The first-order chi connectivity index (χ1) is 11.0. The first kappa shape index (κ1) is 21.6. The van der Waals surface area contributed by atoms with Crippen molar-refractivity contribution in [3.8, 4) is 0 Å². The number of hydrogen-bond acceptors (Lipinski definition) is 5. The molecular weight excluding hydrogens is 314 g/mol. The second-order valence-electron chi connectivity index (χ2n) is 6.19. The lowest BCUT2D eigenvalue weighted by molar-refractivity contribution is -0.873. The van der Waals surface area contributed by atoms with Crippen LogP contribution in [0.3, 0.4) is 0 Å². The average molecular weight is 339 g/mol. The Morgan fingerprint density at radius 2 is 1.71 bits per heavy atom. The fraction of sp³-hybridized carbons (Fsp3) is 0.471. The zero-order valence-corrected chi connectivity index (χ0v) is 14.5. The molecule has 0 fully saturated rings. The highest BCUT2D eigenvalue weighted by molar-refractivity contribution is 5.87. The lowest BCUT2D eigenvalue weighted by atomic mass is 10.2. The molecule has 1 aromatic carbocycles. The molecule has 1 unspecified atom stereocenters. The van der Waals surface area contributed by atoms with Gasteiger partial charge >= 0.3 is 11.9 Å². The molecule has 0 aliphatic rings. The molecule has 1 atom stereocenters. The number of carbonyl (C=O) groups excluding carboxylic acids is 2. The van der Waals surface area contributed by atoms with Crippen molar-refractivity contribution < 1.29 is 33.8 Å². The van der Waals surface area contributed by atoms with Gasteiger partial charge < -0.3 is 24.2 Å². The number of carboxylic acid groups (broad SMARTS) is 2. The fourth-order valence-electron chi connectivity index (χ4n) is 1.79. The summed E-state index contributed by atoms with van der Waals surface area (Å²) < 4.78 is 5.55. The molecule has 1 N–H and O–H groups in total. The highest BCUT2D eigenvalue weighted by Crippen LogP contribution is 2.05. The fourth-order valence-corrected chi connectivity index (χ4v) is 1.79. The van der Waals surface area contributed by atoms with E-state index in [1.807, 2.05) is 21.1 Å². The standard InChI is InChI=1S/C10H19NO4.C7H6O2/c1-5-10(14)15-8(6-9(12)13)7-11(2,3)4;8-7(9)6-4-2-1-3-5-6/h8H,5-7H2,1-4H3;1-5H,(H,8,9). The van der Waals surface area contributed by atoms with E-state index in [9.17, 15) is 19.5 Å². The number of quaternary nitrogens is 1. The number of rotatable bonds is 7. The number of aromatic carboxylic acids is 1. The molecule has 7 heteroatoms. The van der Waals surface area contributed by atoms with E-state index in [0.29, 0.717) is 16.6 Å². The number of carboxylic acids is 2. The van der Waals surface area contributed by atoms with Gasteiger partial charge in [0, 0.05) is 18.8 Å². The summed E-state index contributed by atoms with van der Waals surface area (Å²) in [6.45, 7) is 2.13. The number of ether oxygens (including phenoxy) is 1. The molecule has 0 bridgehead atoms. The van der Waals surface area contributed by atoms with E-state index < -0.39 is 18.0 Å². The van der Waals surface area contributed by atoms with Crippen molar-refractivity contribution >= 4 is 17.9 Å². The van der Waals surface area contributed by atoms with Crippen molar-refractivity contribution in [3.63, 3.8) is 0 Å². The quantitative estimate of drug-likeness (QED) is 0.574. The van der Waals surface area contributed by atoms with Crippen molar-refractivity contribution in [1.82, 2.24) is 0 Å². The lowest BCUT2D eigenvalue weighted by Crippen LogP contribution is -2.45. The number of nitrogens with zero attached hydrogens (tertiary/aromatic N) is 1. The molecule has 0 aliphatic heterocycles. The number of likely N-dealkylation sites (N-methyl/N-ethyl adjacent to an activating group) is 1. The summed E-state index contributed by atoms with van der Waals surface area (Å²) in [5.74, 6) is -2.46. The van der Waals surface area contributed by atoms with E-state index in [1.165, 1.54) is 0 Å². The van der Waals surface area contributed by atoms with E-state index in [1.54, 1.807) is 37.3 Å². The topological polar surface area (TPSA) is 104 Å². The number of hydrogen-bond donors (Lipinski definition) is 1. The number of aliphatic carboxylic acids is 1. The van der Waals surface area contributed by atoms with Gasteiger partial charge in [0.25, 0.3) is 0 Å². The SMILES string of the molecule is CCC(=O)OC(CC(=O)[O-])C[N+](C)(C)C.O=C(O)c1ccccc1. The van der Waals surface area contributed by atoms with Crippen LogP contribution >= 0.6 is 0 Å². The molecule has 0 aromatic heterocycles. The Balaban J connectivity index is 0.000000496. The number of carbonyl (C=O) groups is 3. The third-order valence-electron chi connectivity index (χ3n) is 2.75. The third-order valence-corrected chi connectivity index (χ3v) is 2.75. The Bertz CT molecular complexity index is 536. The highest BCUT2D eigenvalue weighted by Gasteiger charge is 2.21. The predicted octanol–water partition coefficient (Wildman–Crippen LogP) is 0.539. The van der Waals surface area contributed by atoms with Crippen LogP contribution < -0.4 is 5.11 Å². The van der Waals surface area contributed by atoms with Crippen LogP contribution in [0.2, 0.25) is 0 Å². The van der Waals surface area contributed by atoms with Gasteiger partial charge in [-0.1, -0.05) is 25.1 Å². The van der Waals surface area contributed by atoms with Crippen LogP contribution in [0.1, 0.15) is 30.1 Å². The normalized spacial score (nSPS) is 11.7. The molecule has 0 saturated carbocycles. The molecule has 0 spiro atoms. The van der Waals surface area contributed by atoms with Crippen LogP contribution in [0.15, 0.2) is 30.3 Å². The zero-order valence-electron chi connectivity index (χ0n) is 14.5. The van der Waals surface area contributed by atoms with Crippen LogP contribution in [0.4, 0.5) is 0 Å². The average Bonchev–Trinajstić information content (AvgIpc) is 2.46. The molecule has 0 amide bonds. The van der Waals surface area contributed by atoms with Gasteiger partial charge in [-0.25, -0.2) is 4.79 Å². The van der Waals surface area contributed by atoms with E-state index >= 15 is 0 Å². The summed E-state index contributed by atoms with van der Waals surface area (Å²) in [4.78, 5) is 31.7. The van der Waals surface area contributed by atoms with Gasteiger partial charge in [-0.05, 0) is 12.1 Å². The van der Waals surface area contributed by atoms with Crippen molar-refractivity contribution in [2.45, 2.75) is 25.9 Å². The summed E-state index contributed by atoms with van der Waals surface area (Å²) >= 11 is 0. The van der Waals surface area contributed by atoms with E-state index in [-0.39, 0.29) is 18.8 Å². The monoisotopic (exact) mass is 339 g/mol. The Hall–Kier alpha value is -2.41. The van der Waals surface area contributed by atoms with Crippen LogP contribution in [0.25, 0.3) is 0 Å². The number of benzene rings is 1. The summed E-state index contributed by atoms with van der Waals surface area (Å²) in [6.07, 6.45) is -0.607. The molecular formula is C17H25NO6. The van der Waals surface area contributed by atoms with E-state index in [4.69, 9.17) is 9.84 Å². The van der Waals surface area contributed by atoms with Crippen molar-refractivity contribution in [2.75, 3.05) is 27.7 Å². The van der Waals surface area contributed by atoms with Crippen LogP contribution in [-0.4, -0.2) is 61.3 Å². The third kappa shape index (κ3) is 11.2. The molecule has 134 valence electrons. The molecule has 1 rings (SSSR count). The molecule has 0 heterocycles. The Morgan fingerprint density at radius 1 is 1.17 bits per heavy atom. The smallest absolute Gasteiger partial charge is 0.335 e. The minimum atomic E-state index is -1.20. The maximum absolute atomic E-state index is 11.0. The van der Waals surface area contributed by atoms with Gasteiger partial charge in [-0.3, -0.25) is 4.79 Å². The van der Waals surface area contributed by atoms with E-state index in [0.717, 1.165) is 0 Å². The van der Waals surface area contributed by atoms with Crippen molar-refractivity contribution in [3.05, 3.63) is 35.9 Å². The van der Waals surface area contributed by atoms with Gasteiger partial charge in [0.15, 0.2) is 6.10 Å². The highest BCUT2D eigenvalue weighted by atomic mass is 16.5. The molecule has 0 saturated heterocycles. The Kier molecular flexibility index (Phi) is 9.34. The maximum Gasteiger partial charge on any atom is 0.335 e. The summed E-state index contributed by atoms with van der Waals surface area (Å²) in [6, 6.07) is 8.30. The van der Waals surface area contributed by atoms with Crippen molar-refractivity contribution in [1.29, 1.82) is 0 Å². The summed E-state index contributed by atoms with van der Waals surface area (Å²) in [5.41, 5.74) is 0.331. The first-order valence-electron chi connectivity index (χ1n) is 7.53. The molecule has 0 radical (unpaired) electrons. The van der Waals surface area contributed by atoms with Gasteiger partial charge in [-0.2, -0.15) is 0 Å². The van der Waals surface area contributed by atoms with Crippen LogP contribution in [0, 0.1) is 0 Å². The van der Waals surface area contributed by atoms with Gasteiger partial charge in [-0.15, -0.1) is 0 Å². The second kappa shape index (κ2) is 10.4. The maximum atomic E-state index is 11.0. The van der Waals surface area contributed by atoms with Gasteiger partial charge in [0.2, 0.25) is 0 Å². The molecule has 24 heavy (non-hydrogen) atoms. The van der Waals surface area contributed by atoms with Gasteiger partial charge in [0.1, 0.15) is 6.54 Å². The minimum Gasteiger partial charge on any atom is -0.550 e. The zero-order chi connectivity index (χ0) is 18.8. The Labute approximate surface area is 142 Å². The summed E-state index contributed by atoms with van der Waals surface area (Å²) in [5, 5.41) is 18.8.